The molecule has 1 heterocycles. The lowest BCUT2D eigenvalue weighted by atomic mass is 9.49. The standard InChI is InChI=1S/C22H34O3.C19H28O2/c1-2-21-14-19(23)20-16-7-4-3-6-15(16)8-9-17(20)18(21)10-11-22(21)24-12-5-13-25-22;1-2-19-11-16(20)18-13-6-4-3-5-12(13)7-8-14(18)15(19)9-10-17(19)21/h6,16-20,23H,2-5,7-14H2,1H3;5,13-16,18,20H,2-4,6-11H2,1H3/t16-,17-,18-,19?,20+,21-;13-,14-,15-,16?,18+,19-/m00/s1. The molecule has 6 saturated carbocycles. The normalized spacial score (nSPS) is 48.7. The Kier molecular flexibility index (Phi) is 8.68. The molecule has 5 nitrogen and oxygen atoms in total. The van der Waals surface area contributed by atoms with Gasteiger partial charge in [-0.15, -0.1) is 0 Å². The molecule has 0 aromatic heterocycles. The Hall–Kier alpha value is -1.01. The Balaban J connectivity index is 0.000000138. The lowest BCUT2D eigenvalue weighted by Crippen LogP contribution is -2.61. The second-order valence-corrected chi connectivity index (χ2v) is 17.3. The summed E-state index contributed by atoms with van der Waals surface area (Å²) in [7, 11) is 0. The Morgan fingerprint density at radius 2 is 1.33 bits per heavy atom. The van der Waals surface area contributed by atoms with Crippen molar-refractivity contribution in [1.82, 2.24) is 0 Å². The molecule has 2 unspecified atom stereocenters. The van der Waals surface area contributed by atoms with Gasteiger partial charge in [0.2, 0.25) is 0 Å². The van der Waals surface area contributed by atoms with Crippen molar-refractivity contribution in [3.8, 4) is 0 Å². The van der Waals surface area contributed by atoms with Gasteiger partial charge in [-0.1, -0.05) is 37.1 Å². The average Bonchev–Trinajstić information content (AvgIpc) is 3.59. The van der Waals surface area contributed by atoms with Crippen LogP contribution in [0, 0.1) is 58.2 Å². The summed E-state index contributed by atoms with van der Waals surface area (Å²) in [6.07, 6.45) is 25.9. The zero-order chi connectivity index (χ0) is 31.7. The second kappa shape index (κ2) is 12.4. The van der Waals surface area contributed by atoms with Crippen molar-refractivity contribution in [3.63, 3.8) is 0 Å². The summed E-state index contributed by atoms with van der Waals surface area (Å²) in [6.45, 7) is 6.13. The summed E-state index contributed by atoms with van der Waals surface area (Å²) in [5.74, 6) is 4.76. The molecule has 7 fully saturated rings. The minimum absolute atomic E-state index is 0.0316. The van der Waals surface area contributed by atoms with Gasteiger partial charge in [0.05, 0.1) is 25.4 Å². The first-order valence-corrected chi connectivity index (χ1v) is 19.9. The molecule has 9 rings (SSSR count). The first kappa shape index (κ1) is 32.2. The number of carbonyl (C=O) groups is 1. The van der Waals surface area contributed by atoms with E-state index in [1.54, 1.807) is 11.1 Å². The van der Waals surface area contributed by atoms with Crippen LogP contribution in [0.5, 0.6) is 0 Å². The van der Waals surface area contributed by atoms with Gasteiger partial charge in [0.15, 0.2) is 5.79 Å². The van der Waals surface area contributed by atoms with Crippen molar-refractivity contribution < 1.29 is 24.5 Å². The molecule has 5 heteroatoms. The smallest absolute Gasteiger partial charge is 0.174 e. The van der Waals surface area contributed by atoms with Gasteiger partial charge in [-0.2, -0.15) is 0 Å². The highest BCUT2D eigenvalue weighted by atomic mass is 16.7. The van der Waals surface area contributed by atoms with Gasteiger partial charge in [-0.3, -0.25) is 4.79 Å². The summed E-state index contributed by atoms with van der Waals surface area (Å²) < 4.78 is 12.8. The van der Waals surface area contributed by atoms with Crippen molar-refractivity contribution in [2.24, 2.45) is 58.2 Å². The van der Waals surface area contributed by atoms with E-state index >= 15 is 0 Å². The van der Waals surface area contributed by atoms with E-state index in [1.165, 1.54) is 70.6 Å². The van der Waals surface area contributed by atoms with Crippen LogP contribution in [-0.4, -0.2) is 47.2 Å². The third-order valence-corrected chi connectivity index (χ3v) is 16.1. The molecule has 0 aromatic rings. The molecular formula is C41H62O5. The van der Waals surface area contributed by atoms with Gasteiger partial charge < -0.3 is 19.7 Å². The van der Waals surface area contributed by atoms with Crippen molar-refractivity contribution >= 4 is 5.78 Å². The van der Waals surface area contributed by atoms with Gasteiger partial charge in [0, 0.05) is 23.7 Å². The Morgan fingerprint density at radius 3 is 1.93 bits per heavy atom. The van der Waals surface area contributed by atoms with Crippen molar-refractivity contribution in [1.29, 1.82) is 0 Å². The van der Waals surface area contributed by atoms with E-state index in [0.717, 1.165) is 64.6 Å². The first-order valence-electron chi connectivity index (χ1n) is 19.9. The van der Waals surface area contributed by atoms with E-state index in [9.17, 15) is 15.0 Å². The zero-order valence-electron chi connectivity index (χ0n) is 28.9. The molecule has 0 aromatic carbocycles. The highest BCUT2D eigenvalue weighted by Gasteiger charge is 2.68. The van der Waals surface area contributed by atoms with Gasteiger partial charge >= 0.3 is 0 Å². The van der Waals surface area contributed by atoms with Crippen LogP contribution in [-0.2, 0) is 14.3 Å². The number of aliphatic hydroxyl groups is 2. The second-order valence-electron chi connectivity index (χ2n) is 17.3. The predicted octanol–water partition coefficient (Wildman–Crippen LogP) is 8.32. The number of carbonyl (C=O) groups excluding carboxylic acids is 1. The molecule has 46 heavy (non-hydrogen) atoms. The molecule has 0 bridgehead atoms. The van der Waals surface area contributed by atoms with Crippen LogP contribution in [0.2, 0.25) is 0 Å². The molecule has 2 N–H and O–H groups in total. The molecule has 256 valence electrons. The van der Waals surface area contributed by atoms with Crippen molar-refractivity contribution in [3.05, 3.63) is 23.3 Å². The van der Waals surface area contributed by atoms with Crippen LogP contribution in [0.1, 0.15) is 136 Å². The van der Waals surface area contributed by atoms with Gasteiger partial charge in [-0.25, -0.2) is 0 Å². The minimum Gasteiger partial charge on any atom is -0.393 e. The number of hydrogen-bond donors (Lipinski definition) is 2. The Bertz CT molecular complexity index is 1220. The van der Waals surface area contributed by atoms with Crippen LogP contribution in [0.3, 0.4) is 0 Å². The fraction of sp³-hybridized carbons (Fsp3) is 0.878. The van der Waals surface area contributed by atoms with E-state index in [4.69, 9.17) is 9.47 Å². The summed E-state index contributed by atoms with van der Waals surface area (Å²) in [5, 5.41) is 22.3. The number of allylic oxidation sites excluding steroid dienone is 4. The largest absolute Gasteiger partial charge is 0.393 e. The zero-order valence-corrected chi connectivity index (χ0v) is 28.9. The van der Waals surface area contributed by atoms with Crippen LogP contribution in [0.4, 0.5) is 0 Å². The van der Waals surface area contributed by atoms with E-state index in [0.29, 0.717) is 53.1 Å². The topological polar surface area (TPSA) is 76.0 Å². The molecule has 8 aliphatic carbocycles. The number of Topliss-reactive ketones (excluding diaryl/α,β-unsaturated/α-hetero) is 1. The molecule has 1 aliphatic heterocycles. The Labute approximate surface area is 278 Å². The summed E-state index contributed by atoms with van der Waals surface area (Å²) in [6, 6.07) is 0. The highest BCUT2D eigenvalue weighted by Crippen LogP contribution is 2.68. The molecule has 0 amide bonds. The molecule has 9 aliphatic rings. The summed E-state index contributed by atoms with van der Waals surface area (Å²) >= 11 is 0. The van der Waals surface area contributed by atoms with E-state index in [1.807, 2.05) is 0 Å². The highest BCUT2D eigenvalue weighted by molar-refractivity contribution is 5.87. The van der Waals surface area contributed by atoms with Crippen molar-refractivity contribution in [2.45, 2.75) is 154 Å². The van der Waals surface area contributed by atoms with Gasteiger partial charge in [0.25, 0.3) is 0 Å². The number of aliphatic hydroxyl groups excluding tert-OH is 2. The summed E-state index contributed by atoms with van der Waals surface area (Å²) in [5.41, 5.74) is 3.17. The number of ketones is 1. The quantitative estimate of drug-likeness (QED) is 0.299. The predicted molar refractivity (Wildman–Crippen MR) is 180 cm³/mol. The molecule has 0 radical (unpaired) electrons. The number of rotatable bonds is 2. The van der Waals surface area contributed by atoms with E-state index < -0.39 is 5.79 Å². The maximum Gasteiger partial charge on any atom is 0.174 e. The third kappa shape index (κ3) is 4.70. The average molecular weight is 635 g/mol. The van der Waals surface area contributed by atoms with E-state index in [-0.39, 0.29) is 23.0 Å². The van der Waals surface area contributed by atoms with E-state index in [2.05, 4.69) is 26.0 Å². The van der Waals surface area contributed by atoms with Crippen LogP contribution >= 0.6 is 0 Å². The third-order valence-electron chi connectivity index (χ3n) is 16.1. The van der Waals surface area contributed by atoms with Crippen LogP contribution < -0.4 is 0 Å². The maximum atomic E-state index is 12.5. The van der Waals surface area contributed by atoms with Gasteiger partial charge in [-0.05, 0) is 156 Å². The lowest BCUT2D eigenvalue weighted by Gasteiger charge is -2.59. The summed E-state index contributed by atoms with van der Waals surface area (Å²) in [4.78, 5) is 12.5. The molecule has 1 saturated heterocycles. The number of hydrogen-bond acceptors (Lipinski definition) is 5. The van der Waals surface area contributed by atoms with Crippen LogP contribution in [0.15, 0.2) is 23.3 Å². The van der Waals surface area contributed by atoms with Gasteiger partial charge in [0.1, 0.15) is 5.78 Å². The fourth-order valence-electron chi connectivity index (χ4n) is 14.4. The SMILES string of the molecule is CC[C@]12CC(O)[C@H]3[C@@H](CCC4=CCCC[C@@H]43)[C@@H]1CCC21OCCCO1.CC[C@]12CC(O)[C@H]3[C@@H](CCC4=CCCC[C@@H]43)[C@@H]1CCC2=O. The van der Waals surface area contributed by atoms with Crippen molar-refractivity contribution in [2.75, 3.05) is 13.2 Å². The minimum atomic E-state index is -0.403. The number of fused-ring (bicyclic) bond motifs is 11. The molecule has 12 atom stereocenters. The molecule has 1 spiro atoms. The fourth-order valence-corrected chi connectivity index (χ4v) is 14.4. The monoisotopic (exact) mass is 634 g/mol. The Morgan fingerprint density at radius 1 is 0.717 bits per heavy atom. The molecular weight excluding hydrogens is 572 g/mol. The number of ether oxygens (including phenoxy) is 2. The van der Waals surface area contributed by atoms with Crippen LogP contribution in [0.25, 0.3) is 0 Å². The maximum absolute atomic E-state index is 12.5. The lowest BCUT2D eigenvalue weighted by molar-refractivity contribution is -0.333. The first-order chi connectivity index (χ1) is 22.4.